The summed E-state index contributed by atoms with van der Waals surface area (Å²) in [4.78, 5) is 54.6. The third kappa shape index (κ3) is 9.20. The fourth-order valence-electron chi connectivity index (χ4n) is 5.95. The van der Waals surface area contributed by atoms with Gasteiger partial charge < -0.3 is 28.4 Å². The summed E-state index contributed by atoms with van der Waals surface area (Å²) in [5, 5.41) is 0. The Morgan fingerprint density at radius 3 is 0.964 bits per heavy atom. The highest BCUT2D eigenvalue weighted by atomic mass is 16.5. The predicted molar refractivity (Wildman–Crippen MR) is 209 cm³/mol. The number of hydrogen-bond acceptors (Lipinski definition) is 10. The molecule has 0 bridgehead atoms. The number of ketones is 2. The van der Waals surface area contributed by atoms with Gasteiger partial charge in [-0.1, -0.05) is 0 Å². The molecule has 0 unspecified atom stereocenters. The van der Waals surface area contributed by atoms with Crippen molar-refractivity contribution in [3.05, 3.63) is 143 Å². The summed E-state index contributed by atoms with van der Waals surface area (Å²) in [7, 11) is 6.27. The molecule has 0 atom stereocenters. The van der Waals surface area contributed by atoms with Gasteiger partial charge in [-0.3, -0.25) is 29.0 Å². The molecule has 292 valence electrons. The zero-order valence-electron chi connectivity index (χ0n) is 32.8. The minimum absolute atomic E-state index is 0.237. The Balaban J connectivity index is 0.000000214. The summed E-state index contributed by atoms with van der Waals surface area (Å²) in [6.07, 6.45) is 2.72. The zero-order valence-corrected chi connectivity index (χ0v) is 32.8. The van der Waals surface area contributed by atoms with Crippen LogP contribution in [0.3, 0.4) is 0 Å². The number of carbonyl (C=O) groups is 4. The highest BCUT2D eigenvalue weighted by Crippen LogP contribution is 2.34. The maximum Gasteiger partial charge on any atom is 0.261 e. The first kappa shape index (κ1) is 40.6. The molecule has 0 spiro atoms. The van der Waals surface area contributed by atoms with E-state index < -0.39 is 11.1 Å². The highest BCUT2D eigenvalue weighted by Gasteiger charge is 2.43. The van der Waals surface area contributed by atoms with E-state index in [2.05, 4.69) is 0 Å². The molecule has 2 aliphatic rings. The second-order valence-electron chi connectivity index (χ2n) is 14.1. The molecule has 2 aliphatic heterocycles. The van der Waals surface area contributed by atoms with Crippen LogP contribution in [-0.4, -0.2) is 85.9 Å². The zero-order chi connectivity index (χ0) is 40.6. The second-order valence-corrected chi connectivity index (χ2v) is 14.1. The van der Waals surface area contributed by atoms with E-state index in [1.165, 1.54) is 22.0 Å². The van der Waals surface area contributed by atoms with Crippen LogP contribution in [0.1, 0.15) is 69.1 Å². The molecule has 2 saturated heterocycles. The van der Waals surface area contributed by atoms with E-state index in [0.717, 1.165) is 0 Å². The smallest absolute Gasteiger partial charge is 0.261 e. The van der Waals surface area contributed by atoms with Crippen LogP contribution >= 0.6 is 0 Å². The lowest BCUT2D eigenvalue weighted by molar-refractivity contribution is 0.0697. The average Bonchev–Trinajstić information content (AvgIpc) is 3.69. The van der Waals surface area contributed by atoms with Crippen molar-refractivity contribution in [2.75, 3.05) is 41.7 Å². The molecule has 0 N–H and O–H groups in total. The van der Waals surface area contributed by atoms with E-state index in [-0.39, 0.29) is 35.1 Å². The molecule has 6 rings (SSSR count). The van der Waals surface area contributed by atoms with E-state index in [9.17, 15) is 19.2 Å². The van der Waals surface area contributed by atoms with Crippen molar-refractivity contribution in [3.8, 4) is 23.0 Å². The standard InChI is InChI=1S/2C22H23NO5/c2*1-22(2)14-28-20(13-19(24)15-5-9-17(26-3)10-6-15)23(22)21(25)16-7-11-18(27-4)12-8-16/h2*5-13H,14H2,1-4H3/b2*20-13-. The first-order chi connectivity index (χ1) is 26.7. The Morgan fingerprint density at radius 1 is 0.464 bits per heavy atom. The van der Waals surface area contributed by atoms with Crippen molar-refractivity contribution in [2.24, 2.45) is 0 Å². The normalized spacial score (nSPS) is 16.6. The van der Waals surface area contributed by atoms with Crippen molar-refractivity contribution >= 4 is 23.4 Å². The second kappa shape index (κ2) is 17.3. The summed E-state index contributed by atoms with van der Waals surface area (Å²) >= 11 is 0. The van der Waals surface area contributed by atoms with Crippen LogP contribution in [0.2, 0.25) is 0 Å². The molecule has 4 aromatic rings. The van der Waals surface area contributed by atoms with E-state index in [1.54, 1.807) is 126 Å². The van der Waals surface area contributed by atoms with Gasteiger partial charge in [0.05, 0.1) is 39.5 Å². The highest BCUT2D eigenvalue weighted by molar-refractivity contribution is 6.06. The topological polar surface area (TPSA) is 130 Å². The van der Waals surface area contributed by atoms with Crippen molar-refractivity contribution in [2.45, 2.75) is 38.8 Å². The summed E-state index contributed by atoms with van der Waals surface area (Å²) in [5.74, 6) is 2.18. The van der Waals surface area contributed by atoms with Crippen molar-refractivity contribution in [1.29, 1.82) is 0 Å². The molecule has 2 heterocycles. The third-order valence-corrected chi connectivity index (χ3v) is 9.14. The van der Waals surface area contributed by atoms with E-state index in [1.807, 2.05) is 27.7 Å². The van der Waals surface area contributed by atoms with Crippen LogP contribution in [0, 0.1) is 0 Å². The Hall–Kier alpha value is -6.56. The van der Waals surface area contributed by atoms with Gasteiger partial charge in [-0.2, -0.15) is 0 Å². The van der Waals surface area contributed by atoms with E-state index >= 15 is 0 Å². The maximum absolute atomic E-state index is 13.1. The lowest BCUT2D eigenvalue weighted by atomic mass is 10.0. The van der Waals surface area contributed by atoms with Gasteiger partial charge in [0, 0.05) is 34.4 Å². The number of benzene rings is 4. The summed E-state index contributed by atoms with van der Waals surface area (Å²) in [6, 6.07) is 27.2. The first-order valence-electron chi connectivity index (χ1n) is 17.7. The van der Waals surface area contributed by atoms with Crippen LogP contribution in [0.5, 0.6) is 23.0 Å². The average molecular weight is 763 g/mol. The lowest BCUT2D eigenvalue weighted by Gasteiger charge is -2.28. The minimum Gasteiger partial charge on any atom is -0.497 e. The Morgan fingerprint density at radius 2 is 0.714 bits per heavy atom. The van der Waals surface area contributed by atoms with E-state index in [4.69, 9.17) is 28.4 Å². The Kier molecular flexibility index (Phi) is 12.5. The number of nitrogens with zero attached hydrogens (tertiary/aromatic N) is 2. The van der Waals surface area contributed by atoms with Gasteiger partial charge in [0.15, 0.2) is 11.6 Å². The molecule has 0 aliphatic carbocycles. The summed E-state index contributed by atoms with van der Waals surface area (Å²) < 4.78 is 31.9. The molecule has 2 fully saturated rings. The summed E-state index contributed by atoms with van der Waals surface area (Å²) in [5.41, 5.74) is 0.785. The molecule has 4 aromatic carbocycles. The van der Waals surface area contributed by atoms with Crippen LogP contribution in [0.4, 0.5) is 0 Å². The summed E-state index contributed by atoms with van der Waals surface area (Å²) in [6.45, 7) is 8.19. The monoisotopic (exact) mass is 762 g/mol. The molecule has 12 nitrogen and oxygen atoms in total. The molecular formula is C44H46N2O10. The van der Waals surface area contributed by atoms with Gasteiger partial charge in [-0.15, -0.1) is 0 Å². The van der Waals surface area contributed by atoms with Gasteiger partial charge in [0.2, 0.25) is 11.8 Å². The largest absolute Gasteiger partial charge is 0.497 e. The molecular weight excluding hydrogens is 716 g/mol. The first-order valence-corrected chi connectivity index (χ1v) is 17.7. The molecule has 12 heteroatoms. The van der Waals surface area contributed by atoms with Gasteiger partial charge >= 0.3 is 0 Å². The van der Waals surface area contributed by atoms with Crippen molar-refractivity contribution in [1.82, 2.24) is 9.80 Å². The number of carbonyl (C=O) groups excluding carboxylic acids is 4. The molecule has 2 amide bonds. The maximum atomic E-state index is 13.1. The van der Waals surface area contributed by atoms with Crippen LogP contribution in [-0.2, 0) is 9.47 Å². The van der Waals surface area contributed by atoms with Gasteiger partial charge in [0.25, 0.3) is 11.8 Å². The predicted octanol–water partition coefficient (Wildman–Crippen LogP) is 7.36. The van der Waals surface area contributed by atoms with Crippen molar-refractivity contribution < 1.29 is 47.6 Å². The van der Waals surface area contributed by atoms with Gasteiger partial charge in [-0.05, 0) is 125 Å². The van der Waals surface area contributed by atoms with Crippen LogP contribution < -0.4 is 18.9 Å². The Bertz CT molecular complexity index is 1950. The van der Waals surface area contributed by atoms with Crippen LogP contribution in [0.25, 0.3) is 0 Å². The lowest BCUT2D eigenvalue weighted by Crippen LogP contribution is -2.43. The van der Waals surface area contributed by atoms with Crippen molar-refractivity contribution in [3.63, 3.8) is 0 Å². The van der Waals surface area contributed by atoms with Gasteiger partial charge in [-0.25, -0.2) is 0 Å². The number of hydrogen-bond donors (Lipinski definition) is 0. The SMILES string of the molecule is COc1ccc(C(=O)/C=C2\OCC(C)(C)N2C(=O)c2ccc(OC)cc2)cc1.COc1ccc(C(=O)/C=C2\OCC(C)(C)N2C(=O)c2ccc(OC)cc2)cc1. The number of rotatable bonds is 10. The Labute approximate surface area is 326 Å². The fourth-order valence-corrected chi connectivity index (χ4v) is 5.95. The number of ether oxygens (including phenoxy) is 6. The quantitative estimate of drug-likeness (QED) is 0.119. The van der Waals surface area contributed by atoms with E-state index in [0.29, 0.717) is 58.5 Å². The minimum atomic E-state index is -0.580. The molecule has 0 aromatic heterocycles. The van der Waals surface area contributed by atoms with Gasteiger partial charge in [0.1, 0.15) is 36.2 Å². The fraction of sp³-hybridized carbons (Fsp3) is 0.273. The molecule has 0 saturated carbocycles. The number of methoxy groups -OCH3 is 4. The number of amides is 2. The molecule has 0 radical (unpaired) electrons. The number of allylic oxidation sites excluding steroid dienone is 2. The van der Waals surface area contributed by atoms with Crippen LogP contribution in [0.15, 0.2) is 121 Å². The molecule has 56 heavy (non-hydrogen) atoms. The third-order valence-electron chi connectivity index (χ3n) is 9.14.